The SMILES string of the molecule is COc1ccc(/C=N/N=C2C3(C)CN4CN(C3)CC2(C)C4)cc1. The van der Waals surface area contributed by atoms with Crippen LogP contribution in [0.5, 0.6) is 5.75 Å². The number of rotatable bonds is 3. The fraction of sp³-hybridized carbons (Fsp3) is 0.556. The third-order valence-corrected chi connectivity index (χ3v) is 5.31. The zero-order chi connectivity index (χ0) is 16.1. The van der Waals surface area contributed by atoms with Gasteiger partial charge in [0.1, 0.15) is 5.75 Å². The van der Waals surface area contributed by atoms with Crippen molar-refractivity contribution >= 4 is 11.9 Å². The molecule has 4 aliphatic heterocycles. The van der Waals surface area contributed by atoms with Gasteiger partial charge in [0, 0.05) is 37.0 Å². The van der Waals surface area contributed by atoms with Crippen molar-refractivity contribution < 1.29 is 4.74 Å². The number of hydrogen-bond donors (Lipinski definition) is 0. The standard InChI is InChI=1S/C18H24N4O/c1-17-9-21-11-18(2,12-22(10-17)13-21)16(17)20-19-8-14-4-6-15(23-3)7-5-14/h4-8H,9-13H2,1-3H3/b19-8+,20-16?. The summed E-state index contributed by atoms with van der Waals surface area (Å²) in [6.07, 6.45) is 1.84. The largest absolute Gasteiger partial charge is 0.497 e. The van der Waals surface area contributed by atoms with Crippen molar-refractivity contribution in [1.29, 1.82) is 0 Å². The van der Waals surface area contributed by atoms with E-state index >= 15 is 0 Å². The van der Waals surface area contributed by atoms with Crippen molar-refractivity contribution in [3.63, 3.8) is 0 Å². The van der Waals surface area contributed by atoms with Gasteiger partial charge in [0.05, 0.1) is 25.7 Å². The Bertz CT molecular complexity index is 626. The minimum absolute atomic E-state index is 0.140. The Kier molecular flexibility index (Phi) is 3.32. The van der Waals surface area contributed by atoms with Crippen molar-refractivity contribution in [3.05, 3.63) is 29.8 Å². The van der Waals surface area contributed by atoms with Gasteiger partial charge in [0.2, 0.25) is 0 Å². The van der Waals surface area contributed by atoms with E-state index < -0.39 is 0 Å². The molecule has 122 valence electrons. The van der Waals surface area contributed by atoms with E-state index in [0.29, 0.717) is 0 Å². The lowest BCUT2D eigenvalue weighted by Gasteiger charge is -2.62. The van der Waals surface area contributed by atoms with Crippen molar-refractivity contribution in [2.75, 3.05) is 40.0 Å². The molecule has 5 rings (SSSR count). The Morgan fingerprint density at radius 1 is 1.00 bits per heavy atom. The van der Waals surface area contributed by atoms with E-state index in [9.17, 15) is 0 Å². The summed E-state index contributed by atoms with van der Waals surface area (Å²) in [5.41, 5.74) is 2.60. The first-order chi connectivity index (χ1) is 11.0. The first-order valence-corrected chi connectivity index (χ1v) is 8.22. The predicted molar refractivity (Wildman–Crippen MR) is 92.3 cm³/mol. The average Bonchev–Trinajstić information content (AvgIpc) is 2.49. The monoisotopic (exact) mass is 312 g/mol. The highest BCUT2D eigenvalue weighted by Crippen LogP contribution is 2.46. The second kappa shape index (κ2) is 5.14. The highest BCUT2D eigenvalue weighted by molar-refractivity contribution is 5.97. The average molecular weight is 312 g/mol. The molecule has 1 aromatic rings. The molecule has 0 atom stereocenters. The van der Waals surface area contributed by atoms with Crippen LogP contribution in [0.4, 0.5) is 0 Å². The maximum Gasteiger partial charge on any atom is 0.118 e. The highest BCUT2D eigenvalue weighted by atomic mass is 16.5. The fourth-order valence-electron chi connectivity index (χ4n) is 4.78. The molecule has 5 heteroatoms. The predicted octanol–water partition coefficient (Wildman–Crippen LogP) is 2.08. The van der Waals surface area contributed by atoms with E-state index in [1.807, 2.05) is 30.5 Å². The minimum atomic E-state index is 0.140. The summed E-state index contributed by atoms with van der Waals surface area (Å²) in [6.45, 7) is 10.2. The fourth-order valence-corrected chi connectivity index (χ4v) is 4.78. The van der Waals surface area contributed by atoms with E-state index in [1.165, 1.54) is 5.71 Å². The highest BCUT2D eigenvalue weighted by Gasteiger charge is 2.57. The zero-order valence-electron chi connectivity index (χ0n) is 14.1. The molecule has 0 aliphatic carbocycles. The molecule has 0 unspecified atom stereocenters. The second-order valence-electron chi connectivity index (χ2n) is 7.70. The number of piperidine rings is 2. The summed E-state index contributed by atoms with van der Waals surface area (Å²) in [7, 11) is 1.68. The van der Waals surface area contributed by atoms with Gasteiger partial charge in [0.25, 0.3) is 0 Å². The van der Waals surface area contributed by atoms with E-state index in [1.54, 1.807) is 7.11 Å². The van der Waals surface area contributed by atoms with Crippen molar-refractivity contribution in [1.82, 2.24) is 9.80 Å². The molecular weight excluding hydrogens is 288 g/mol. The lowest BCUT2D eigenvalue weighted by molar-refractivity contribution is -0.0738. The van der Waals surface area contributed by atoms with E-state index in [4.69, 9.17) is 9.84 Å². The molecule has 0 amide bonds. The Balaban J connectivity index is 1.58. The van der Waals surface area contributed by atoms with Gasteiger partial charge in [-0.3, -0.25) is 9.80 Å². The van der Waals surface area contributed by atoms with Crippen molar-refractivity contribution in [2.24, 2.45) is 21.0 Å². The van der Waals surface area contributed by atoms with Gasteiger partial charge in [-0.25, -0.2) is 0 Å². The first kappa shape index (κ1) is 14.8. The van der Waals surface area contributed by atoms with E-state index in [0.717, 1.165) is 44.2 Å². The van der Waals surface area contributed by atoms with E-state index in [-0.39, 0.29) is 10.8 Å². The Morgan fingerprint density at radius 2 is 1.57 bits per heavy atom. The van der Waals surface area contributed by atoms with Crippen LogP contribution in [0.2, 0.25) is 0 Å². The van der Waals surface area contributed by atoms with Crippen LogP contribution >= 0.6 is 0 Å². The number of hydrogen-bond acceptors (Lipinski definition) is 5. The molecule has 5 nitrogen and oxygen atoms in total. The molecule has 1 aromatic carbocycles. The molecule has 4 aliphatic rings. The third-order valence-electron chi connectivity index (χ3n) is 5.31. The van der Waals surface area contributed by atoms with Crippen LogP contribution in [-0.2, 0) is 0 Å². The van der Waals surface area contributed by atoms with Crippen molar-refractivity contribution in [3.8, 4) is 5.75 Å². The van der Waals surface area contributed by atoms with Gasteiger partial charge < -0.3 is 4.74 Å². The molecule has 23 heavy (non-hydrogen) atoms. The number of methoxy groups -OCH3 is 1. The normalized spacial score (nSPS) is 38.3. The molecule has 4 saturated heterocycles. The first-order valence-electron chi connectivity index (χ1n) is 8.22. The summed E-state index contributed by atoms with van der Waals surface area (Å²) in [6, 6.07) is 7.89. The molecule has 4 heterocycles. The van der Waals surface area contributed by atoms with Crippen LogP contribution in [-0.4, -0.2) is 61.7 Å². The van der Waals surface area contributed by atoms with Gasteiger partial charge in [-0.2, -0.15) is 10.2 Å². The van der Waals surface area contributed by atoms with Gasteiger partial charge in [-0.15, -0.1) is 0 Å². The van der Waals surface area contributed by atoms with Gasteiger partial charge in [-0.05, 0) is 29.8 Å². The number of nitrogens with zero attached hydrogens (tertiary/aromatic N) is 4. The Morgan fingerprint density at radius 3 is 2.09 bits per heavy atom. The lowest BCUT2D eigenvalue weighted by atomic mass is 9.62. The number of benzene rings is 1. The Hall–Kier alpha value is -1.72. The zero-order valence-corrected chi connectivity index (χ0v) is 14.1. The second-order valence-corrected chi connectivity index (χ2v) is 7.70. The van der Waals surface area contributed by atoms with Crippen LogP contribution in [0.25, 0.3) is 0 Å². The molecular formula is C18H24N4O. The summed E-state index contributed by atoms with van der Waals surface area (Å²) in [5.74, 6) is 0.859. The van der Waals surface area contributed by atoms with Crippen LogP contribution < -0.4 is 4.74 Å². The van der Waals surface area contributed by atoms with Gasteiger partial charge >= 0.3 is 0 Å². The van der Waals surface area contributed by atoms with Crippen LogP contribution in [0, 0.1) is 10.8 Å². The maximum atomic E-state index is 5.18. The Labute approximate surface area is 137 Å². The van der Waals surface area contributed by atoms with Gasteiger partial charge in [-0.1, -0.05) is 13.8 Å². The minimum Gasteiger partial charge on any atom is -0.497 e. The summed E-state index contributed by atoms with van der Waals surface area (Å²) in [5, 5.41) is 9.12. The van der Waals surface area contributed by atoms with Crippen molar-refractivity contribution in [2.45, 2.75) is 13.8 Å². The summed E-state index contributed by atoms with van der Waals surface area (Å²) in [4.78, 5) is 5.11. The van der Waals surface area contributed by atoms with E-state index in [2.05, 4.69) is 28.7 Å². The molecule has 4 fully saturated rings. The molecule has 0 radical (unpaired) electrons. The maximum absolute atomic E-state index is 5.18. The quantitative estimate of drug-likeness (QED) is 0.634. The van der Waals surface area contributed by atoms with Crippen LogP contribution in [0.15, 0.2) is 34.5 Å². The summed E-state index contributed by atoms with van der Waals surface area (Å²) < 4.78 is 5.18. The topological polar surface area (TPSA) is 40.4 Å². The summed E-state index contributed by atoms with van der Waals surface area (Å²) >= 11 is 0. The third kappa shape index (κ3) is 2.48. The van der Waals surface area contributed by atoms with Crippen LogP contribution in [0.1, 0.15) is 19.4 Å². The molecule has 0 aromatic heterocycles. The van der Waals surface area contributed by atoms with Crippen LogP contribution in [0.3, 0.4) is 0 Å². The van der Waals surface area contributed by atoms with Gasteiger partial charge in [0.15, 0.2) is 0 Å². The molecule has 0 saturated carbocycles. The molecule has 0 N–H and O–H groups in total. The number of ether oxygens (including phenoxy) is 1. The smallest absolute Gasteiger partial charge is 0.118 e. The lowest BCUT2D eigenvalue weighted by Crippen LogP contribution is -2.74. The molecule has 0 spiro atoms. The molecule has 4 bridgehead atoms.